The summed E-state index contributed by atoms with van der Waals surface area (Å²) in [6.45, 7) is 6.51. The molecule has 0 radical (unpaired) electrons. The smallest absolute Gasteiger partial charge is 0.192 e. The lowest BCUT2D eigenvalue weighted by Crippen LogP contribution is -2.60. The highest BCUT2D eigenvalue weighted by Gasteiger charge is 2.53. The van der Waals surface area contributed by atoms with Crippen molar-refractivity contribution in [3.63, 3.8) is 0 Å². The van der Waals surface area contributed by atoms with E-state index in [1.807, 2.05) is 0 Å². The molecule has 1 aliphatic carbocycles. The molecule has 0 aromatic heterocycles. The lowest BCUT2D eigenvalue weighted by molar-refractivity contribution is 0.00525. The van der Waals surface area contributed by atoms with E-state index in [1.165, 1.54) is 31.2 Å². The second-order valence-electron chi connectivity index (χ2n) is 6.87. The van der Waals surface area contributed by atoms with Crippen LogP contribution in [0.5, 0.6) is 0 Å². The van der Waals surface area contributed by atoms with Crippen LogP contribution >= 0.6 is 0 Å². The van der Waals surface area contributed by atoms with E-state index in [9.17, 15) is 0 Å². The van der Waals surface area contributed by atoms with Gasteiger partial charge in [-0.15, -0.1) is 0 Å². The first-order valence-electron chi connectivity index (χ1n) is 7.67. The Balaban J connectivity index is 1.91. The monoisotopic (exact) mass is 271 g/mol. The highest BCUT2D eigenvalue weighted by atomic mass is 15.4. The van der Waals surface area contributed by atoms with Crippen LogP contribution in [0.2, 0.25) is 0 Å². The second-order valence-corrected chi connectivity index (χ2v) is 6.87. The second kappa shape index (κ2) is 4.80. The van der Waals surface area contributed by atoms with E-state index in [-0.39, 0.29) is 11.0 Å². The van der Waals surface area contributed by atoms with Crippen LogP contribution in [0.15, 0.2) is 35.3 Å². The molecule has 3 nitrogen and oxygen atoms in total. The topological polar surface area (TPSA) is 41.6 Å². The summed E-state index contributed by atoms with van der Waals surface area (Å²) >= 11 is 0. The zero-order chi connectivity index (χ0) is 14.2. The van der Waals surface area contributed by atoms with Crippen LogP contribution in [-0.4, -0.2) is 22.9 Å². The number of rotatable bonds is 2. The molecule has 1 aromatic rings. The molecule has 2 aliphatic rings. The van der Waals surface area contributed by atoms with Crippen molar-refractivity contribution in [2.45, 2.75) is 51.6 Å². The minimum Gasteiger partial charge on any atom is -0.370 e. The summed E-state index contributed by atoms with van der Waals surface area (Å²) in [5.41, 5.74) is 7.93. The fraction of sp³-hybridized carbons (Fsp3) is 0.588. The maximum absolute atomic E-state index is 6.23. The molecule has 3 heteroatoms. The Morgan fingerprint density at radius 3 is 2.55 bits per heavy atom. The van der Waals surface area contributed by atoms with Gasteiger partial charge in [-0.05, 0) is 23.8 Å². The molecule has 0 bridgehead atoms. The number of nitrogens with two attached hydrogens (primary N) is 1. The third-order valence-electron chi connectivity index (χ3n) is 5.38. The maximum Gasteiger partial charge on any atom is 0.192 e. The third-order valence-corrected chi connectivity index (χ3v) is 5.38. The Kier molecular flexibility index (Phi) is 3.23. The molecule has 3 rings (SSSR count). The normalized spacial score (nSPS) is 28.7. The minimum atomic E-state index is 0.116. The zero-order valence-electron chi connectivity index (χ0n) is 12.6. The van der Waals surface area contributed by atoms with E-state index in [0.29, 0.717) is 0 Å². The van der Waals surface area contributed by atoms with Gasteiger partial charge in [-0.1, -0.05) is 57.0 Å². The first-order valence-corrected chi connectivity index (χ1v) is 7.67. The quantitative estimate of drug-likeness (QED) is 0.897. The summed E-state index contributed by atoms with van der Waals surface area (Å²) in [5, 5.41) is 0. The standard InChI is InChI=1S/C17H25N3/c1-16(2)10-6-7-11-17(16)13-19-15(18)20(17)12-14-8-4-3-5-9-14/h3-5,8-9H,6-7,10-13H2,1-2H3,(H2,18,19). The van der Waals surface area contributed by atoms with Crippen molar-refractivity contribution in [2.24, 2.45) is 16.1 Å². The molecule has 1 atom stereocenters. The molecule has 1 saturated carbocycles. The summed E-state index contributed by atoms with van der Waals surface area (Å²) in [6, 6.07) is 10.6. The predicted molar refractivity (Wildman–Crippen MR) is 83.5 cm³/mol. The van der Waals surface area contributed by atoms with Crippen LogP contribution in [0.4, 0.5) is 0 Å². The SMILES string of the molecule is CC1(C)CCCCC12CN=C(N)N2Cc1ccccc1. The molecule has 1 heterocycles. The van der Waals surface area contributed by atoms with Crippen molar-refractivity contribution in [2.75, 3.05) is 6.54 Å². The highest BCUT2D eigenvalue weighted by Crippen LogP contribution is 2.49. The number of guanidine groups is 1. The van der Waals surface area contributed by atoms with Gasteiger partial charge >= 0.3 is 0 Å². The van der Waals surface area contributed by atoms with Crippen LogP contribution in [0.1, 0.15) is 45.1 Å². The van der Waals surface area contributed by atoms with E-state index < -0.39 is 0 Å². The van der Waals surface area contributed by atoms with E-state index in [2.05, 4.69) is 54.1 Å². The van der Waals surface area contributed by atoms with Gasteiger partial charge in [0.1, 0.15) is 0 Å². The van der Waals surface area contributed by atoms with Gasteiger partial charge < -0.3 is 10.6 Å². The Morgan fingerprint density at radius 1 is 1.15 bits per heavy atom. The minimum absolute atomic E-state index is 0.116. The predicted octanol–water partition coefficient (Wildman–Crippen LogP) is 3.16. The summed E-state index contributed by atoms with van der Waals surface area (Å²) in [6.07, 6.45) is 5.09. The number of aliphatic imine (C=N–C) groups is 1. The fourth-order valence-corrected chi connectivity index (χ4v) is 3.95. The lowest BCUT2D eigenvalue weighted by atomic mass is 9.62. The molecule has 1 spiro atoms. The summed E-state index contributed by atoms with van der Waals surface area (Å²) in [5.74, 6) is 0.726. The van der Waals surface area contributed by atoms with Gasteiger partial charge in [0, 0.05) is 6.54 Å². The molecular weight excluding hydrogens is 246 g/mol. The average molecular weight is 271 g/mol. The summed E-state index contributed by atoms with van der Waals surface area (Å²) in [7, 11) is 0. The number of hydrogen-bond donors (Lipinski definition) is 1. The Morgan fingerprint density at radius 2 is 1.85 bits per heavy atom. The van der Waals surface area contributed by atoms with Gasteiger partial charge in [0.2, 0.25) is 0 Å². The largest absolute Gasteiger partial charge is 0.370 e. The van der Waals surface area contributed by atoms with Crippen LogP contribution in [-0.2, 0) is 6.54 Å². The zero-order valence-corrected chi connectivity index (χ0v) is 12.6. The summed E-state index contributed by atoms with van der Waals surface area (Å²) < 4.78 is 0. The molecule has 2 N–H and O–H groups in total. The average Bonchev–Trinajstić information content (AvgIpc) is 2.74. The molecule has 0 saturated heterocycles. The van der Waals surface area contributed by atoms with Crippen molar-refractivity contribution in [3.8, 4) is 0 Å². The van der Waals surface area contributed by atoms with Gasteiger partial charge in [0.05, 0.1) is 12.1 Å². The first kappa shape index (κ1) is 13.5. The molecule has 20 heavy (non-hydrogen) atoms. The van der Waals surface area contributed by atoms with Crippen molar-refractivity contribution >= 4 is 5.96 Å². The van der Waals surface area contributed by atoms with E-state index in [0.717, 1.165) is 19.0 Å². The van der Waals surface area contributed by atoms with Crippen molar-refractivity contribution in [3.05, 3.63) is 35.9 Å². The number of benzene rings is 1. The highest BCUT2D eigenvalue weighted by molar-refractivity contribution is 5.81. The molecule has 0 amide bonds. The Labute approximate surface area is 121 Å². The van der Waals surface area contributed by atoms with E-state index in [4.69, 9.17) is 5.73 Å². The van der Waals surface area contributed by atoms with Gasteiger partial charge in [-0.2, -0.15) is 0 Å². The van der Waals surface area contributed by atoms with Gasteiger partial charge in [0.25, 0.3) is 0 Å². The Bertz CT molecular complexity index is 506. The molecule has 1 aromatic carbocycles. The van der Waals surface area contributed by atoms with Crippen LogP contribution in [0, 0.1) is 5.41 Å². The first-order chi connectivity index (χ1) is 9.55. The molecule has 1 aliphatic heterocycles. The maximum atomic E-state index is 6.23. The van der Waals surface area contributed by atoms with Gasteiger partial charge in [-0.3, -0.25) is 4.99 Å². The lowest BCUT2D eigenvalue weighted by Gasteiger charge is -2.53. The van der Waals surface area contributed by atoms with Crippen molar-refractivity contribution in [1.29, 1.82) is 0 Å². The van der Waals surface area contributed by atoms with Crippen LogP contribution < -0.4 is 5.73 Å². The van der Waals surface area contributed by atoms with Crippen molar-refractivity contribution < 1.29 is 0 Å². The van der Waals surface area contributed by atoms with Crippen LogP contribution in [0.3, 0.4) is 0 Å². The molecule has 108 valence electrons. The Hall–Kier alpha value is -1.51. The number of nitrogens with zero attached hydrogens (tertiary/aromatic N) is 2. The molecule has 1 unspecified atom stereocenters. The van der Waals surface area contributed by atoms with Gasteiger partial charge in [-0.25, -0.2) is 0 Å². The molecule has 1 fully saturated rings. The van der Waals surface area contributed by atoms with Crippen molar-refractivity contribution in [1.82, 2.24) is 4.90 Å². The molecular formula is C17H25N3. The van der Waals surface area contributed by atoms with Crippen LogP contribution in [0.25, 0.3) is 0 Å². The third kappa shape index (κ3) is 2.00. The fourth-order valence-electron chi connectivity index (χ4n) is 3.95. The number of hydrogen-bond acceptors (Lipinski definition) is 3. The summed E-state index contributed by atoms with van der Waals surface area (Å²) in [4.78, 5) is 6.98. The van der Waals surface area contributed by atoms with Gasteiger partial charge in [0.15, 0.2) is 5.96 Å². The van der Waals surface area contributed by atoms with E-state index in [1.54, 1.807) is 0 Å². The van der Waals surface area contributed by atoms with E-state index >= 15 is 0 Å².